The van der Waals surface area contributed by atoms with Gasteiger partial charge < -0.3 is 0 Å². The molecular weight excluding hydrogens is 114 g/mol. The van der Waals surface area contributed by atoms with E-state index < -0.39 is 0 Å². The lowest BCUT2D eigenvalue weighted by Gasteiger charge is -1.92. The molecule has 0 aromatic rings. The highest BCUT2D eigenvalue weighted by molar-refractivity contribution is 5.92. The van der Waals surface area contributed by atoms with Crippen LogP contribution in [-0.4, -0.2) is 5.78 Å². The average Bonchev–Trinajstić information content (AvgIpc) is 1.82. The molecule has 0 saturated heterocycles. The molecule has 0 unspecified atom stereocenters. The molecule has 0 fully saturated rings. The van der Waals surface area contributed by atoms with Crippen molar-refractivity contribution in [2.75, 3.05) is 0 Å². The van der Waals surface area contributed by atoms with Crippen molar-refractivity contribution in [3.8, 4) is 6.07 Å². The molecule has 0 aliphatic rings. The number of ketones is 1. The number of nitriles is 1. The summed E-state index contributed by atoms with van der Waals surface area (Å²) in [4.78, 5) is 10.4. The summed E-state index contributed by atoms with van der Waals surface area (Å²) < 4.78 is 0. The Kier molecular flexibility index (Phi) is 3.38. The van der Waals surface area contributed by atoms with Crippen LogP contribution < -0.4 is 0 Å². The third-order valence-electron chi connectivity index (χ3n) is 1.04. The Morgan fingerprint density at radius 3 is 2.67 bits per heavy atom. The molecule has 0 bridgehead atoms. The minimum Gasteiger partial charge on any atom is -0.295 e. The summed E-state index contributed by atoms with van der Waals surface area (Å²) in [6, 6.07) is 1.94. The van der Waals surface area contributed by atoms with Gasteiger partial charge in [0.25, 0.3) is 0 Å². The first-order valence-corrected chi connectivity index (χ1v) is 2.74. The lowest BCUT2D eigenvalue weighted by atomic mass is 10.1. The monoisotopic (exact) mass is 123 g/mol. The van der Waals surface area contributed by atoms with E-state index in [1.54, 1.807) is 0 Å². The predicted octanol–water partition coefficient (Wildman–Crippen LogP) is 1.44. The lowest BCUT2D eigenvalue weighted by molar-refractivity contribution is -0.113. The topological polar surface area (TPSA) is 40.9 Å². The van der Waals surface area contributed by atoms with Crippen molar-refractivity contribution in [2.24, 2.45) is 0 Å². The Morgan fingerprint density at radius 2 is 2.33 bits per heavy atom. The molecule has 0 aromatic heterocycles. The van der Waals surface area contributed by atoms with E-state index in [0.717, 1.165) is 0 Å². The molecule has 2 heteroatoms. The summed E-state index contributed by atoms with van der Waals surface area (Å²) in [6.07, 6.45) is 0.893. The summed E-state index contributed by atoms with van der Waals surface area (Å²) in [5.41, 5.74) is 0.538. The second-order valence-electron chi connectivity index (χ2n) is 1.82. The Labute approximate surface area is 54.8 Å². The van der Waals surface area contributed by atoms with Crippen LogP contribution >= 0.6 is 0 Å². The number of carbonyl (C=O) groups excluding carboxylic acids is 1. The maximum absolute atomic E-state index is 10.4. The molecule has 0 radical (unpaired) electrons. The summed E-state index contributed by atoms with van der Waals surface area (Å²) in [7, 11) is 0. The highest BCUT2D eigenvalue weighted by Crippen LogP contribution is 2.01. The van der Waals surface area contributed by atoms with Gasteiger partial charge in [-0.1, -0.05) is 6.58 Å². The van der Waals surface area contributed by atoms with Crippen LogP contribution in [0, 0.1) is 11.3 Å². The van der Waals surface area contributed by atoms with E-state index in [9.17, 15) is 4.79 Å². The first kappa shape index (κ1) is 7.90. The van der Waals surface area contributed by atoms with Crippen LogP contribution in [0.1, 0.15) is 19.8 Å². The van der Waals surface area contributed by atoms with Gasteiger partial charge in [0.15, 0.2) is 5.78 Å². The zero-order valence-electron chi connectivity index (χ0n) is 5.48. The Balaban J connectivity index is 3.55. The van der Waals surface area contributed by atoms with Gasteiger partial charge in [-0.25, -0.2) is 0 Å². The van der Waals surface area contributed by atoms with Gasteiger partial charge in [-0.15, -0.1) is 0 Å². The highest BCUT2D eigenvalue weighted by Gasteiger charge is 1.97. The first-order valence-electron chi connectivity index (χ1n) is 2.74. The molecule has 0 heterocycles. The van der Waals surface area contributed by atoms with Crippen LogP contribution in [0.25, 0.3) is 0 Å². The van der Waals surface area contributed by atoms with Gasteiger partial charge in [0, 0.05) is 6.42 Å². The second-order valence-corrected chi connectivity index (χ2v) is 1.82. The molecule has 0 atom stereocenters. The molecule has 0 spiro atoms. The van der Waals surface area contributed by atoms with Crippen LogP contribution in [0.3, 0.4) is 0 Å². The minimum atomic E-state index is -0.0229. The zero-order chi connectivity index (χ0) is 7.28. The maximum atomic E-state index is 10.4. The first-order chi connectivity index (χ1) is 4.18. The SMILES string of the molecule is C=C(CCC#N)C(C)=O. The third-order valence-corrected chi connectivity index (χ3v) is 1.04. The molecule has 0 amide bonds. The number of nitrogens with zero attached hydrogens (tertiary/aromatic N) is 1. The molecule has 0 N–H and O–H groups in total. The Bertz CT molecular complexity index is 164. The van der Waals surface area contributed by atoms with Crippen molar-refractivity contribution in [1.29, 1.82) is 5.26 Å². The molecule has 0 rings (SSSR count). The van der Waals surface area contributed by atoms with Crippen LogP contribution in [0.4, 0.5) is 0 Å². The predicted molar refractivity (Wildman–Crippen MR) is 34.7 cm³/mol. The van der Waals surface area contributed by atoms with Gasteiger partial charge in [0.1, 0.15) is 0 Å². The Morgan fingerprint density at radius 1 is 1.78 bits per heavy atom. The molecular formula is C7H9NO. The van der Waals surface area contributed by atoms with Gasteiger partial charge in [-0.2, -0.15) is 5.26 Å². The standard InChI is InChI=1S/C7H9NO/c1-6(7(2)9)4-3-5-8/h1,3-4H2,2H3. The summed E-state index contributed by atoms with van der Waals surface area (Å²) in [5, 5.41) is 8.09. The van der Waals surface area contributed by atoms with Gasteiger partial charge in [-0.3, -0.25) is 4.79 Å². The van der Waals surface area contributed by atoms with E-state index in [0.29, 0.717) is 18.4 Å². The van der Waals surface area contributed by atoms with Crippen LogP contribution in [0.5, 0.6) is 0 Å². The van der Waals surface area contributed by atoms with E-state index in [2.05, 4.69) is 6.58 Å². The van der Waals surface area contributed by atoms with E-state index in [4.69, 9.17) is 5.26 Å². The summed E-state index contributed by atoms with van der Waals surface area (Å²) in [6.45, 7) is 4.95. The normalized spacial score (nSPS) is 8.00. The third kappa shape index (κ3) is 3.48. The molecule has 0 aliphatic carbocycles. The number of carbonyl (C=O) groups is 1. The van der Waals surface area contributed by atoms with Crippen LogP contribution in [0.15, 0.2) is 12.2 Å². The number of hydrogen-bond donors (Lipinski definition) is 0. The molecule has 2 nitrogen and oxygen atoms in total. The van der Waals surface area contributed by atoms with E-state index >= 15 is 0 Å². The Hall–Kier alpha value is -1.10. The van der Waals surface area contributed by atoms with Gasteiger partial charge in [-0.05, 0) is 18.9 Å². The quantitative estimate of drug-likeness (QED) is 0.533. The smallest absolute Gasteiger partial charge is 0.155 e. The number of allylic oxidation sites excluding steroid dienone is 1. The highest BCUT2D eigenvalue weighted by atomic mass is 16.1. The average molecular weight is 123 g/mol. The molecule has 0 aromatic carbocycles. The van der Waals surface area contributed by atoms with Gasteiger partial charge >= 0.3 is 0 Å². The van der Waals surface area contributed by atoms with E-state index in [-0.39, 0.29) is 5.78 Å². The fourth-order valence-electron chi connectivity index (χ4n) is 0.383. The molecule has 48 valence electrons. The van der Waals surface area contributed by atoms with Gasteiger partial charge in [0.2, 0.25) is 0 Å². The molecule has 0 saturated carbocycles. The zero-order valence-corrected chi connectivity index (χ0v) is 5.48. The van der Waals surface area contributed by atoms with Crippen molar-refractivity contribution < 1.29 is 4.79 Å². The number of rotatable bonds is 3. The van der Waals surface area contributed by atoms with Crippen LogP contribution in [-0.2, 0) is 4.79 Å². The van der Waals surface area contributed by atoms with Gasteiger partial charge in [0.05, 0.1) is 6.07 Å². The fourth-order valence-corrected chi connectivity index (χ4v) is 0.383. The minimum absolute atomic E-state index is 0.0229. The van der Waals surface area contributed by atoms with Crippen molar-refractivity contribution in [1.82, 2.24) is 0 Å². The van der Waals surface area contributed by atoms with Crippen molar-refractivity contribution in [3.63, 3.8) is 0 Å². The fraction of sp³-hybridized carbons (Fsp3) is 0.429. The van der Waals surface area contributed by atoms with Crippen molar-refractivity contribution in [2.45, 2.75) is 19.8 Å². The lowest BCUT2D eigenvalue weighted by Crippen LogP contribution is -1.93. The largest absolute Gasteiger partial charge is 0.295 e. The summed E-state index contributed by atoms with van der Waals surface area (Å²) in [5.74, 6) is -0.0229. The number of Topliss-reactive ketones (excluding diaryl/α,β-unsaturated/α-hetero) is 1. The summed E-state index contributed by atoms with van der Waals surface area (Å²) >= 11 is 0. The van der Waals surface area contributed by atoms with E-state index in [1.165, 1.54) is 6.92 Å². The van der Waals surface area contributed by atoms with Crippen molar-refractivity contribution >= 4 is 5.78 Å². The van der Waals surface area contributed by atoms with Crippen molar-refractivity contribution in [3.05, 3.63) is 12.2 Å². The van der Waals surface area contributed by atoms with E-state index in [1.807, 2.05) is 6.07 Å². The number of hydrogen-bond acceptors (Lipinski definition) is 2. The second kappa shape index (κ2) is 3.85. The maximum Gasteiger partial charge on any atom is 0.155 e. The molecule has 0 aliphatic heterocycles. The molecule has 9 heavy (non-hydrogen) atoms. The van der Waals surface area contributed by atoms with Crippen LogP contribution in [0.2, 0.25) is 0 Å².